The molecule has 14 heavy (non-hydrogen) atoms. The Kier molecular flexibility index (Phi) is 3.03. The summed E-state index contributed by atoms with van der Waals surface area (Å²) in [6.45, 7) is 2.25. The van der Waals surface area contributed by atoms with E-state index in [1.54, 1.807) is 7.11 Å². The lowest BCUT2D eigenvalue weighted by Gasteiger charge is -2.32. The number of amides is 1. The van der Waals surface area contributed by atoms with Crippen molar-refractivity contribution in [1.82, 2.24) is 4.90 Å². The minimum atomic E-state index is -0.160. The molecular formula is C10H17NO3. The third-order valence-electron chi connectivity index (χ3n) is 2.99. The average molecular weight is 199 g/mol. The van der Waals surface area contributed by atoms with Crippen LogP contribution in [0.15, 0.2) is 0 Å². The Morgan fingerprint density at radius 2 is 2.36 bits per heavy atom. The molecule has 0 saturated carbocycles. The van der Waals surface area contributed by atoms with Crippen LogP contribution in [0, 0.1) is 0 Å². The maximum Gasteiger partial charge on any atom is 0.252 e. The van der Waals surface area contributed by atoms with Crippen LogP contribution in [-0.2, 0) is 14.3 Å². The van der Waals surface area contributed by atoms with Gasteiger partial charge in [-0.25, -0.2) is 0 Å². The molecule has 2 aliphatic heterocycles. The number of ether oxygens (including phenoxy) is 2. The van der Waals surface area contributed by atoms with Crippen LogP contribution in [0.1, 0.15) is 19.3 Å². The van der Waals surface area contributed by atoms with Crippen molar-refractivity contribution >= 4 is 5.91 Å². The summed E-state index contributed by atoms with van der Waals surface area (Å²) >= 11 is 0. The molecule has 4 heteroatoms. The molecular weight excluding hydrogens is 182 g/mol. The van der Waals surface area contributed by atoms with E-state index >= 15 is 0 Å². The second kappa shape index (κ2) is 4.28. The van der Waals surface area contributed by atoms with E-state index in [9.17, 15) is 4.79 Å². The van der Waals surface area contributed by atoms with Crippen LogP contribution in [0.25, 0.3) is 0 Å². The first kappa shape index (κ1) is 9.93. The van der Waals surface area contributed by atoms with Crippen LogP contribution in [0.4, 0.5) is 0 Å². The standard InChI is InChI=1S/C10H17NO3/c1-13-7-8-3-2-5-11(8)10(12)9-4-6-14-9/h8-9H,2-7H2,1H3. The predicted molar refractivity (Wildman–Crippen MR) is 51.0 cm³/mol. The fourth-order valence-corrected chi connectivity index (χ4v) is 2.11. The van der Waals surface area contributed by atoms with Crippen molar-refractivity contribution in [1.29, 1.82) is 0 Å². The molecule has 4 nitrogen and oxygen atoms in total. The van der Waals surface area contributed by atoms with Gasteiger partial charge in [0.25, 0.3) is 5.91 Å². The highest BCUT2D eigenvalue weighted by atomic mass is 16.5. The molecule has 0 bridgehead atoms. The topological polar surface area (TPSA) is 38.8 Å². The SMILES string of the molecule is COCC1CCCN1C(=O)C1CCO1. The van der Waals surface area contributed by atoms with Crippen molar-refractivity contribution in [2.75, 3.05) is 26.9 Å². The number of carbonyl (C=O) groups excluding carboxylic acids is 1. The van der Waals surface area contributed by atoms with Gasteiger partial charge in [0.1, 0.15) is 6.10 Å². The van der Waals surface area contributed by atoms with E-state index in [4.69, 9.17) is 9.47 Å². The summed E-state index contributed by atoms with van der Waals surface area (Å²) in [6, 6.07) is 0.275. The average Bonchev–Trinajstić information content (AvgIpc) is 2.49. The fraction of sp³-hybridized carbons (Fsp3) is 0.900. The van der Waals surface area contributed by atoms with Gasteiger partial charge in [0.05, 0.1) is 19.3 Å². The van der Waals surface area contributed by atoms with Gasteiger partial charge in [-0.2, -0.15) is 0 Å². The maximum absolute atomic E-state index is 11.9. The highest BCUT2D eigenvalue weighted by molar-refractivity contribution is 5.82. The molecule has 0 aromatic rings. The van der Waals surface area contributed by atoms with Crippen LogP contribution in [0.2, 0.25) is 0 Å². The third-order valence-corrected chi connectivity index (χ3v) is 2.99. The molecule has 2 fully saturated rings. The van der Waals surface area contributed by atoms with Gasteiger partial charge in [-0.05, 0) is 12.8 Å². The Bertz CT molecular complexity index is 215. The van der Waals surface area contributed by atoms with E-state index in [0.717, 1.165) is 32.4 Å². The normalized spacial score (nSPS) is 31.6. The second-order valence-electron chi connectivity index (χ2n) is 3.93. The molecule has 2 unspecified atom stereocenters. The van der Waals surface area contributed by atoms with Gasteiger partial charge in [0, 0.05) is 20.1 Å². The summed E-state index contributed by atoms with van der Waals surface area (Å²) in [5.41, 5.74) is 0. The minimum absolute atomic E-state index is 0.160. The largest absolute Gasteiger partial charge is 0.383 e. The van der Waals surface area contributed by atoms with E-state index in [-0.39, 0.29) is 18.1 Å². The maximum atomic E-state index is 11.9. The van der Waals surface area contributed by atoms with E-state index < -0.39 is 0 Å². The fourth-order valence-electron chi connectivity index (χ4n) is 2.11. The lowest BCUT2D eigenvalue weighted by atomic mass is 10.1. The van der Waals surface area contributed by atoms with Crippen molar-refractivity contribution < 1.29 is 14.3 Å². The molecule has 0 aromatic carbocycles. The molecule has 2 atom stereocenters. The zero-order valence-corrected chi connectivity index (χ0v) is 8.57. The van der Waals surface area contributed by atoms with Gasteiger partial charge in [0.2, 0.25) is 0 Å². The Hall–Kier alpha value is -0.610. The highest BCUT2D eigenvalue weighted by Crippen LogP contribution is 2.22. The van der Waals surface area contributed by atoms with Crippen molar-refractivity contribution in [3.05, 3.63) is 0 Å². The molecule has 0 spiro atoms. The van der Waals surface area contributed by atoms with Crippen LogP contribution in [0.5, 0.6) is 0 Å². The van der Waals surface area contributed by atoms with Crippen molar-refractivity contribution in [2.24, 2.45) is 0 Å². The Morgan fingerprint density at radius 1 is 1.57 bits per heavy atom. The molecule has 2 aliphatic rings. The number of nitrogens with zero attached hydrogens (tertiary/aromatic N) is 1. The van der Waals surface area contributed by atoms with E-state index in [0.29, 0.717) is 6.61 Å². The molecule has 0 radical (unpaired) electrons. The monoisotopic (exact) mass is 199 g/mol. The van der Waals surface area contributed by atoms with E-state index in [1.807, 2.05) is 4.90 Å². The summed E-state index contributed by atoms with van der Waals surface area (Å²) in [7, 11) is 1.68. The lowest BCUT2D eigenvalue weighted by molar-refractivity contribution is -0.157. The van der Waals surface area contributed by atoms with Gasteiger partial charge in [-0.3, -0.25) is 4.79 Å². The number of hydrogen-bond acceptors (Lipinski definition) is 3. The lowest BCUT2D eigenvalue weighted by Crippen LogP contribution is -2.48. The smallest absolute Gasteiger partial charge is 0.252 e. The first-order chi connectivity index (χ1) is 6.83. The summed E-state index contributed by atoms with van der Waals surface area (Å²) < 4.78 is 10.3. The number of methoxy groups -OCH3 is 1. The van der Waals surface area contributed by atoms with Crippen LogP contribution in [-0.4, -0.2) is 49.8 Å². The molecule has 0 N–H and O–H groups in total. The highest BCUT2D eigenvalue weighted by Gasteiger charge is 2.36. The molecule has 2 saturated heterocycles. The Morgan fingerprint density at radius 3 is 2.93 bits per heavy atom. The Balaban J connectivity index is 1.90. The first-order valence-electron chi connectivity index (χ1n) is 5.24. The quantitative estimate of drug-likeness (QED) is 0.661. The van der Waals surface area contributed by atoms with Crippen LogP contribution >= 0.6 is 0 Å². The Labute approximate surface area is 84.2 Å². The molecule has 0 aliphatic carbocycles. The zero-order valence-electron chi connectivity index (χ0n) is 8.57. The second-order valence-corrected chi connectivity index (χ2v) is 3.93. The predicted octanol–water partition coefficient (Wildman–Crippen LogP) is 0.413. The molecule has 1 amide bonds. The molecule has 2 rings (SSSR count). The molecule has 0 aromatic heterocycles. The van der Waals surface area contributed by atoms with Gasteiger partial charge >= 0.3 is 0 Å². The van der Waals surface area contributed by atoms with E-state index in [2.05, 4.69) is 0 Å². The van der Waals surface area contributed by atoms with Gasteiger partial charge < -0.3 is 14.4 Å². The van der Waals surface area contributed by atoms with Gasteiger partial charge in [0.15, 0.2) is 0 Å². The summed E-state index contributed by atoms with van der Waals surface area (Å²) in [5, 5.41) is 0. The minimum Gasteiger partial charge on any atom is -0.383 e. The molecule has 2 heterocycles. The number of carbonyl (C=O) groups is 1. The zero-order chi connectivity index (χ0) is 9.97. The van der Waals surface area contributed by atoms with Crippen molar-refractivity contribution in [3.8, 4) is 0 Å². The first-order valence-corrected chi connectivity index (χ1v) is 5.24. The van der Waals surface area contributed by atoms with Gasteiger partial charge in [-0.1, -0.05) is 0 Å². The summed E-state index contributed by atoms with van der Waals surface area (Å²) in [4.78, 5) is 13.8. The summed E-state index contributed by atoms with van der Waals surface area (Å²) in [6.07, 6.45) is 2.88. The van der Waals surface area contributed by atoms with Crippen molar-refractivity contribution in [3.63, 3.8) is 0 Å². The molecule has 80 valence electrons. The number of rotatable bonds is 3. The number of hydrogen-bond donors (Lipinski definition) is 0. The van der Waals surface area contributed by atoms with Crippen molar-refractivity contribution in [2.45, 2.75) is 31.4 Å². The van der Waals surface area contributed by atoms with E-state index in [1.165, 1.54) is 0 Å². The van der Waals surface area contributed by atoms with Gasteiger partial charge in [-0.15, -0.1) is 0 Å². The van der Waals surface area contributed by atoms with Crippen LogP contribution < -0.4 is 0 Å². The third kappa shape index (κ3) is 1.77. The number of likely N-dealkylation sites (tertiary alicyclic amines) is 1. The summed E-state index contributed by atoms with van der Waals surface area (Å²) in [5.74, 6) is 0.163. The van der Waals surface area contributed by atoms with Crippen LogP contribution in [0.3, 0.4) is 0 Å².